The van der Waals surface area contributed by atoms with Crippen molar-refractivity contribution in [3.8, 4) is 0 Å². The van der Waals surface area contributed by atoms with Gasteiger partial charge in [0.25, 0.3) is 0 Å². The minimum atomic E-state index is -0.463. The third kappa shape index (κ3) is 2.08. The molecule has 0 aromatic heterocycles. The van der Waals surface area contributed by atoms with Crippen LogP contribution in [0.5, 0.6) is 0 Å². The normalized spacial score (nSPS) is 42.7. The number of alkyl halides is 1. The summed E-state index contributed by atoms with van der Waals surface area (Å²) in [5.41, 5.74) is 0. The van der Waals surface area contributed by atoms with E-state index in [2.05, 4.69) is 22.6 Å². The molecule has 3 rings (SSSR count). The Morgan fingerprint density at radius 1 is 1.47 bits per heavy atom. The predicted molar refractivity (Wildman–Crippen MR) is 76.7 cm³/mol. The van der Waals surface area contributed by atoms with Crippen LogP contribution in [0.2, 0.25) is 0 Å². The number of hydrogen-bond acceptors (Lipinski definition) is 4. The summed E-state index contributed by atoms with van der Waals surface area (Å²) < 4.78 is 10.4. The number of cyclic esters (lactones) is 1. The topological polar surface area (TPSA) is 52.6 Å². The van der Waals surface area contributed by atoms with E-state index in [0.717, 1.165) is 19.3 Å². The van der Waals surface area contributed by atoms with Crippen LogP contribution in [0.15, 0.2) is 0 Å². The molecule has 1 saturated heterocycles. The first kappa shape index (κ1) is 13.6. The van der Waals surface area contributed by atoms with Gasteiger partial charge < -0.3 is 9.47 Å². The smallest absolute Gasteiger partial charge is 0.322 e. The van der Waals surface area contributed by atoms with Gasteiger partial charge in [0.1, 0.15) is 9.53 Å². The van der Waals surface area contributed by atoms with E-state index in [1.54, 1.807) is 0 Å². The Labute approximate surface area is 126 Å². The Kier molecular flexibility index (Phi) is 3.30. The van der Waals surface area contributed by atoms with Crippen molar-refractivity contribution in [1.82, 2.24) is 0 Å². The van der Waals surface area contributed by atoms with Gasteiger partial charge in [-0.2, -0.15) is 0 Å². The van der Waals surface area contributed by atoms with Crippen LogP contribution >= 0.6 is 22.6 Å². The fraction of sp³-hybridized carbons (Fsp3) is 0.857. The van der Waals surface area contributed by atoms with Gasteiger partial charge in [0, 0.05) is 11.8 Å². The van der Waals surface area contributed by atoms with Crippen LogP contribution < -0.4 is 0 Å². The summed E-state index contributed by atoms with van der Waals surface area (Å²) in [7, 11) is 0. The molecule has 6 unspecified atom stereocenters. The molecular formula is C14H19IO4. The van der Waals surface area contributed by atoms with Crippen molar-refractivity contribution in [3.63, 3.8) is 0 Å². The lowest BCUT2D eigenvalue weighted by molar-refractivity contribution is -0.157. The molecule has 6 atom stereocenters. The van der Waals surface area contributed by atoms with Gasteiger partial charge in [-0.25, -0.2) is 0 Å². The molecule has 1 heterocycles. The van der Waals surface area contributed by atoms with Crippen LogP contribution in [0.3, 0.4) is 0 Å². The lowest BCUT2D eigenvalue weighted by Gasteiger charge is -2.30. The minimum absolute atomic E-state index is 0.0151. The van der Waals surface area contributed by atoms with Gasteiger partial charge in [-0.15, -0.1) is 0 Å². The van der Waals surface area contributed by atoms with E-state index in [-0.39, 0.29) is 29.9 Å². The van der Waals surface area contributed by atoms with Crippen molar-refractivity contribution in [2.75, 3.05) is 6.61 Å². The zero-order valence-corrected chi connectivity index (χ0v) is 13.4. The van der Waals surface area contributed by atoms with Gasteiger partial charge in [-0.1, -0.05) is 29.5 Å². The van der Waals surface area contributed by atoms with Gasteiger partial charge in [0.2, 0.25) is 0 Å². The zero-order valence-electron chi connectivity index (χ0n) is 11.2. The zero-order chi connectivity index (χ0) is 13.8. The van der Waals surface area contributed by atoms with Crippen molar-refractivity contribution >= 4 is 34.5 Å². The number of carbonyl (C=O) groups excluding carboxylic acids is 2. The Morgan fingerprint density at radius 2 is 2.21 bits per heavy atom. The summed E-state index contributed by atoms with van der Waals surface area (Å²) in [6.45, 7) is 4.46. The van der Waals surface area contributed by atoms with Crippen molar-refractivity contribution in [2.24, 2.45) is 23.7 Å². The number of carbonyl (C=O) groups is 2. The summed E-state index contributed by atoms with van der Waals surface area (Å²) in [6.07, 6.45) is 2.60. The first-order valence-corrected chi connectivity index (χ1v) is 8.08. The average molecular weight is 378 g/mol. The molecular weight excluding hydrogens is 359 g/mol. The largest absolute Gasteiger partial charge is 0.465 e. The molecule has 0 N–H and O–H groups in total. The second-order valence-electron chi connectivity index (χ2n) is 6.21. The highest BCUT2D eigenvalue weighted by molar-refractivity contribution is 14.1. The van der Waals surface area contributed by atoms with Gasteiger partial charge in [0.05, 0.1) is 12.5 Å². The van der Waals surface area contributed by atoms with Gasteiger partial charge in [0.15, 0.2) is 0 Å². The lowest BCUT2D eigenvalue weighted by atomic mass is 9.80. The highest BCUT2D eigenvalue weighted by Gasteiger charge is 2.60. The average Bonchev–Trinajstić information content (AvgIpc) is 3.02. The maximum Gasteiger partial charge on any atom is 0.322 e. The summed E-state index contributed by atoms with van der Waals surface area (Å²) in [5.74, 6) is 0.838. The minimum Gasteiger partial charge on any atom is -0.465 e. The quantitative estimate of drug-likeness (QED) is 0.430. The first-order chi connectivity index (χ1) is 8.94. The standard InChI is InChI=1S/C14H19IO4/c1-3-14(2,15)13(17)19-10-5-7-4-8(10)11-9(7)6-18-12(11)16/h7-11H,3-6H2,1-2H3. The summed E-state index contributed by atoms with van der Waals surface area (Å²) in [4.78, 5) is 23.9. The van der Waals surface area contributed by atoms with E-state index in [1.165, 1.54) is 0 Å². The van der Waals surface area contributed by atoms with E-state index >= 15 is 0 Å². The lowest BCUT2D eigenvalue weighted by Crippen LogP contribution is -2.39. The van der Waals surface area contributed by atoms with E-state index in [1.807, 2.05) is 13.8 Å². The molecule has 3 fully saturated rings. The third-order valence-electron chi connectivity index (χ3n) is 5.15. The number of hydrogen-bond donors (Lipinski definition) is 0. The number of halogens is 1. The Balaban J connectivity index is 1.69. The van der Waals surface area contributed by atoms with Crippen LogP contribution in [0, 0.1) is 23.7 Å². The highest BCUT2D eigenvalue weighted by Crippen LogP contribution is 2.56. The fourth-order valence-electron chi connectivity index (χ4n) is 3.81. The number of esters is 2. The van der Waals surface area contributed by atoms with Crippen LogP contribution in [-0.2, 0) is 19.1 Å². The van der Waals surface area contributed by atoms with Crippen molar-refractivity contribution in [3.05, 3.63) is 0 Å². The summed E-state index contributed by atoms with van der Waals surface area (Å²) in [5, 5.41) is 0. The Hall–Kier alpha value is -0.330. The highest BCUT2D eigenvalue weighted by atomic mass is 127. The Morgan fingerprint density at radius 3 is 2.89 bits per heavy atom. The van der Waals surface area contributed by atoms with Gasteiger partial charge >= 0.3 is 11.9 Å². The molecule has 19 heavy (non-hydrogen) atoms. The number of fused-ring (bicyclic) bond motifs is 5. The first-order valence-electron chi connectivity index (χ1n) is 7.00. The predicted octanol–water partition coefficient (Wildman–Crippen LogP) is 2.33. The van der Waals surface area contributed by atoms with Gasteiger partial charge in [-0.05, 0) is 32.1 Å². The SMILES string of the molecule is CCC(C)(I)C(=O)OC1CC2CC1C1C(=O)OCC21. The number of rotatable bonds is 3. The fourth-order valence-corrected chi connectivity index (χ4v) is 3.94. The van der Waals surface area contributed by atoms with E-state index < -0.39 is 3.42 Å². The van der Waals surface area contributed by atoms with Crippen LogP contribution in [0.25, 0.3) is 0 Å². The van der Waals surface area contributed by atoms with Crippen LogP contribution in [0.4, 0.5) is 0 Å². The summed E-state index contributed by atoms with van der Waals surface area (Å²) in [6, 6.07) is 0. The molecule has 0 amide bonds. The van der Waals surface area contributed by atoms with Crippen molar-refractivity contribution in [2.45, 2.75) is 42.6 Å². The monoisotopic (exact) mass is 378 g/mol. The maximum absolute atomic E-state index is 12.2. The number of ether oxygens (including phenoxy) is 2. The second-order valence-corrected chi connectivity index (χ2v) is 8.59. The molecule has 5 heteroatoms. The molecule has 1 aliphatic heterocycles. The van der Waals surface area contributed by atoms with E-state index in [9.17, 15) is 9.59 Å². The Bertz CT molecular complexity index is 420. The van der Waals surface area contributed by atoms with Crippen LogP contribution in [0.1, 0.15) is 33.1 Å². The van der Waals surface area contributed by atoms with Gasteiger partial charge in [-0.3, -0.25) is 9.59 Å². The molecule has 2 aliphatic carbocycles. The molecule has 2 saturated carbocycles. The summed E-state index contributed by atoms with van der Waals surface area (Å²) >= 11 is 2.15. The maximum atomic E-state index is 12.2. The molecule has 0 aromatic carbocycles. The molecule has 0 radical (unpaired) electrons. The molecule has 2 bridgehead atoms. The molecule has 3 aliphatic rings. The van der Waals surface area contributed by atoms with Crippen molar-refractivity contribution < 1.29 is 19.1 Å². The third-order valence-corrected chi connectivity index (χ3v) is 6.36. The van der Waals surface area contributed by atoms with Crippen LogP contribution in [-0.4, -0.2) is 28.1 Å². The van der Waals surface area contributed by atoms with E-state index in [0.29, 0.717) is 18.4 Å². The molecule has 0 spiro atoms. The molecule has 4 nitrogen and oxygen atoms in total. The second kappa shape index (κ2) is 4.60. The van der Waals surface area contributed by atoms with E-state index in [4.69, 9.17) is 9.47 Å². The molecule has 0 aromatic rings. The molecule has 106 valence electrons. The van der Waals surface area contributed by atoms with Crippen molar-refractivity contribution in [1.29, 1.82) is 0 Å².